The van der Waals surface area contributed by atoms with Crippen molar-refractivity contribution in [3.63, 3.8) is 0 Å². The van der Waals surface area contributed by atoms with E-state index in [0.29, 0.717) is 5.71 Å². The van der Waals surface area contributed by atoms with Crippen molar-refractivity contribution in [3.05, 3.63) is 212 Å². The van der Waals surface area contributed by atoms with E-state index in [4.69, 9.17) is 9.40 Å². The molecule has 58 heavy (non-hydrogen) atoms. The van der Waals surface area contributed by atoms with Gasteiger partial charge in [0.25, 0.3) is 0 Å². The first-order valence-electron chi connectivity index (χ1n) is 19.8. The molecule has 4 nitrogen and oxygen atoms in total. The first-order valence-corrected chi connectivity index (χ1v) is 21.8. The van der Waals surface area contributed by atoms with Gasteiger partial charge in [-0.25, -0.2) is 4.98 Å². The summed E-state index contributed by atoms with van der Waals surface area (Å²) < 4.78 is 11.3. The number of rotatable bonds is 6. The summed E-state index contributed by atoms with van der Waals surface area (Å²) in [4.78, 5) is 5.09. The van der Waals surface area contributed by atoms with Crippen LogP contribution in [0, 0.1) is 0 Å². The third-order valence-electron chi connectivity index (χ3n) is 12.1. The Morgan fingerprint density at radius 2 is 0.776 bits per heavy atom. The fourth-order valence-corrected chi connectivity index (χ4v) is 14.3. The lowest BCUT2D eigenvalue weighted by atomic mass is 10.1. The van der Waals surface area contributed by atoms with Crippen molar-refractivity contribution in [2.24, 2.45) is 0 Å². The Hall–Kier alpha value is -7.47. The van der Waals surface area contributed by atoms with Crippen LogP contribution in [-0.4, -0.2) is 22.2 Å². The van der Waals surface area contributed by atoms with Crippen molar-refractivity contribution in [2.45, 2.75) is 0 Å². The van der Waals surface area contributed by atoms with Gasteiger partial charge in [0.1, 0.15) is 5.58 Å². The Bertz CT molecular complexity index is 3360. The van der Waals surface area contributed by atoms with E-state index in [1.165, 1.54) is 53.3 Å². The molecule has 0 saturated heterocycles. The van der Waals surface area contributed by atoms with Crippen LogP contribution in [0.5, 0.6) is 0 Å². The molecule has 0 atom stereocenters. The summed E-state index contributed by atoms with van der Waals surface area (Å²) in [6.45, 7) is 0. The smallest absolute Gasteiger partial charge is 0.227 e. The summed E-state index contributed by atoms with van der Waals surface area (Å²) in [5.41, 5.74) is 8.41. The first-order chi connectivity index (χ1) is 28.8. The molecule has 0 aliphatic rings. The number of furan rings is 1. The lowest BCUT2D eigenvalue weighted by Gasteiger charge is -2.34. The molecule has 8 aromatic carbocycles. The van der Waals surface area contributed by atoms with Crippen molar-refractivity contribution < 1.29 is 4.42 Å². The van der Waals surface area contributed by atoms with E-state index in [2.05, 4.69) is 222 Å². The van der Waals surface area contributed by atoms with Gasteiger partial charge in [0, 0.05) is 49.9 Å². The minimum atomic E-state index is -2.79. The zero-order valence-electron chi connectivity index (χ0n) is 31.5. The summed E-state index contributed by atoms with van der Waals surface area (Å²) >= 11 is 0. The van der Waals surface area contributed by atoms with E-state index in [1.807, 2.05) is 0 Å². The minimum Gasteiger partial charge on any atom is -0.438 e. The summed E-state index contributed by atoms with van der Waals surface area (Å²) in [6.07, 6.45) is 2.06. The molecule has 0 unspecified atom stereocenters. The number of aromatic nitrogens is 3. The molecule has 0 amide bonds. The highest BCUT2D eigenvalue weighted by atomic mass is 28.3. The third-order valence-corrected chi connectivity index (χ3v) is 16.9. The van der Waals surface area contributed by atoms with Gasteiger partial charge in [-0.15, -0.1) is 0 Å². The average Bonchev–Trinajstić information content (AvgIpc) is 3.95. The molecule has 0 bridgehead atoms. The van der Waals surface area contributed by atoms with Crippen molar-refractivity contribution in [1.29, 1.82) is 0 Å². The molecule has 0 fully saturated rings. The summed E-state index contributed by atoms with van der Waals surface area (Å²) in [6, 6.07) is 75.0. The Balaban J connectivity index is 1.08. The predicted octanol–water partition coefficient (Wildman–Crippen LogP) is 10.6. The van der Waals surface area contributed by atoms with Crippen molar-refractivity contribution in [1.82, 2.24) is 14.1 Å². The van der Waals surface area contributed by atoms with Crippen LogP contribution in [0.2, 0.25) is 0 Å². The highest BCUT2D eigenvalue weighted by Crippen LogP contribution is 2.38. The number of nitrogens with zero attached hydrogens (tertiary/aromatic N) is 3. The summed E-state index contributed by atoms with van der Waals surface area (Å²) in [5, 5.41) is 12.2. The molecule has 5 heteroatoms. The zero-order chi connectivity index (χ0) is 38.2. The zero-order valence-corrected chi connectivity index (χ0v) is 32.5. The number of hydrogen-bond donors (Lipinski definition) is 0. The van der Waals surface area contributed by atoms with Crippen LogP contribution in [0.4, 0.5) is 0 Å². The normalized spacial score (nSPS) is 12.1. The van der Waals surface area contributed by atoms with Crippen LogP contribution in [0.15, 0.2) is 217 Å². The molecule has 0 N–H and O–H groups in total. The monoisotopic (exact) mass is 757 g/mol. The Labute approximate surface area is 335 Å². The third kappa shape index (κ3) is 4.71. The van der Waals surface area contributed by atoms with E-state index in [1.54, 1.807) is 0 Å². The van der Waals surface area contributed by atoms with Crippen LogP contribution in [-0.2, 0) is 0 Å². The maximum Gasteiger partial charge on any atom is 0.227 e. The Morgan fingerprint density at radius 1 is 0.345 bits per heavy atom. The fraction of sp³-hybridized carbons (Fsp3) is 0. The molecule has 0 aliphatic heterocycles. The molecule has 4 aromatic heterocycles. The van der Waals surface area contributed by atoms with Gasteiger partial charge in [-0.05, 0) is 81.4 Å². The van der Waals surface area contributed by atoms with Gasteiger partial charge in [0.15, 0.2) is 8.07 Å². The molecular formula is C53H35N3OSi. The van der Waals surface area contributed by atoms with Gasteiger partial charge in [0.2, 0.25) is 5.71 Å². The van der Waals surface area contributed by atoms with Crippen LogP contribution in [0.1, 0.15) is 0 Å². The van der Waals surface area contributed by atoms with Crippen LogP contribution in [0.3, 0.4) is 0 Å². The lowest BCUT2D eigenvalue weighted by Crippen LogP contribution is -2.74. The number of pyridine rings is 1. The molecule has 0 radical (unpaired) electrons. The van der Waals surface area contributed by atoms with Crippen molar-refractivity contribution in [3.8, 4) is 11.4 Å². The van der Waals surface area contributed by atoms with E-state index >= 15 is 0 Å². The average molecular weight is 758 g/mol. The number of fused-ring (bicyclic) bond motifs is 9. The standard InChI is InChI=1S/C53H35N3OSi/c1-4-16-38(17-5-1)58(39-18-6-2-7-19-39,40-20-8-3-9-21-40)41-34-47-46-33-37(29-31-52(46)57-53(47)54-35-41)56-50-27-15-12-24-44(50)45-32-36(28-30-51(45)56)55-48-25-13-10-22-42(48)43-23-11-14-26-49(43)55/h1-35H. The molecule has 4 heterocycles. The fourth-order valence-electron chi connectivity index (χ4n) is 9.64. The topological polar surface area (TPSA) is 35.9 Å². The quantitative estimate of drug-likeness (QED) is 0.125. The molecule has 12 rings (SSSR count). The second-order valence-corrected chi connectivity index (χ2v) is 18.9. The lowest BCUT2D eigenvalue weighted by molar-refractivity contribution is 0.654. The van der Waals surface area contributed by atoms with Crippen molar-refractivity contribution in [2.75, 3.05) is 0 Å². The largest absolute Gasteiger partial charge is 0.438 e. The first kappa shape index (κ1) is 32.7. The van der Waals surface area contributed by atoms with Gasteiger partial charge in [0.05, 0.1) is 22.1 Å². The van der Waals surface area contributed by atoms with Gasteiger partial charge in [-0.1, -0.05) is 146 Å². The maximum absolute atomic E-state index is 6.50. The predicted molar refractivity (Wildman–Crippen MR) is 244 cm³/mol. The van der Waals surface area contributed by atoms with E-state index in [0.717, 1.165) is 38.8 Å². The summed E-state index contributed by atoms with van der Waals surface area (Å²) in [5.74, 6) is 0. The second-order valence-electron chi connectivity index (χ2n) is 15.1. The van der Waals surface area contributed by atoms with E-state index < -0.39 is 8.07 Å². The minimum absolute atomic E-state index is 0.644. The molecule has 12 aromatic rings. The molecule has 272 valence electrons. The van der Waals surface area contributed by atoms with Crippen LogP contribution < -0.4 is 20.7 Å². The van der Waals surface area contributed by atoms with Crippen LogP contribution >= 0.6 is 0 Å². The van der Waals surface area contributed by atoms with Gasteiger partial charge < -0.3 is 13.6 Å². The van der Waals surface area contributed by atoms with Gasteiger partial charge >= 0.3 is 0 Å². The van der Waals surface area contributed by atoms with Crippen LogP contribution in [0.25, 0.3) is 77.1 Å². The highest BCUT2D eigenvalue weighted by Gasteiger charge is 2.42. The Morgan fingerprint density at radius 3 is 1.31 bits per heavy atom. The molecule has 0 saturated carbocycles. The Kier molecular flexibility index (Phi) is 7.21. The van der Waals surface area contributed by atoms with E-state index in [9.17, 15) is 0 Å². The second kappa shape index (κ2) is 12.8. The molecular weight excluding hydrogens is 723 g/mol. The number of hydrogen-bond acceptors (Lipinski definition) is 2. The van der Waals surface area contributed by atoms with E-state index in [-0.39, 0.29) is 0 Å². The summed E-state index contributed by atoms with van der Waals surface area (Å²) in [7, 11) is -2.79. The number of benzene rings is 8. The van der Waals surface area contributed by atoms with Gasteiger partial charge in [-0.2, -0.15) is 0 Å². The highest BCUT2D eigenvalue weighted by molar-refractivity contribution is 7.19. The van der Waals surface area contributed by atoms with Gasteiger partial charge in [-0.3, -0.25) is 0 Å². The molecule has 0 aliphatic carbocycles. The maximum atomic E-state index is 6.50. The molecule has 0 spiro atoms. The number of para-hydroxylation sites is 3. The SMILES string of the molecule is c1ccc([Si](c2ccccc2)(c2ccccc2)c2cnc3oc4ccc(-n5c6ccccc6c6cc(-n7c8ccccc8c8ccccc87)ccc65)cc4c3c2)cc1. The van der Waals surface area contributed by atoms with Crippen molar-refractivity contribution >= 4 is 94.5 Å².